The molecule has 4 heteroatoms. The summed E-state index contributed by atoms with van der Waals surface area (Å²) in [6, 6.07) is 6.33. The van der Waals surface area contributed by atoms with Crippen LogP contribution < -0.4 is 5.32 Å². The van der Waals surface area contributed by atoms with Crippen molar-refractivity contribution < 1.29 is 9.59 Å². The molecule has 23 heavy (non-hydrogen) atoms. The number of nitrogens with one attached hydrogen (secondary N) is 1. The first-order chi connectivity index (χ1) is 11.0. The topological polar surface area (TPSA) is 49.4 Å². The molecule has 1 aliphatic carbocycles. The number of hydrogen-bond acceptors (Lipinski definition) is 2. The molecular formula is C19H28N2O2. The Morgan fingerprint density at radius 1 is 1.09 bits per heavy atom. The lowest BCUT2D eigenvalue weighted by molar-refractivity contribution is -0.132. The first-order valence-corrected chi connectivity index (χ1v) is 8.61. The molecule has 0 saturated heterocycles. The molecule has 2 rings (SSSR count). The van der Waals surface area contributed by atoms with Gasteiger partial charge in [-0.05, 0) is 49.9 Å². The van der Waals surface area contributed by atoms with Gasteiger partial charge in [-0.25, -0.2) is 0 Å². The first-order valence-electron chi connectivity index (χ1n) is 8.61. The molecule has 2 amide bonds. The number of carbonyl (C=O) groups excluding carboxylic acids is 2. The van der Waals surface area contributed by atoms with Crippen LogP contribution in [0.1, 0.15) is 56.6 Å². The minimum Gasteiger partial charge on any atom is -0.339 e. The van der Waals surface area contributed by atoms with E-state index in [0.717, 1.165) is 29.7 Å². The van der Waals surface area contributed by atoms with Crippen LogP contribution in [0.4, 0.5) is 5.69 Å². The van der Waals surface area contributed by atoms with Crippen molar-refractivity contribution in [3.63, 3.8) is 0 Å². The summed E-state index contributed by atoms with van der Waals surface area (Å²) in [4.78, 5) is 26.0. The molecular weight excluding hydrogens is 288 g/mol. The first kappa shape index (κ1) is 17.5. The highest BCUT2D eigenvalue weighted by Gasteiger charge is 2.23. The lowest BCUT2D eigenvalue weighted by Crippen LogP contribution is -2.41. The third kappa shape index (κ3) is 5.38. The van der Waals surface area contributed by atoms with E-state index in [1.165, 1.54) is 19.3 Å². The highest BCUT2D eigenvalue weighted by molar-refractivity contribution is 5.91. The van der Waals surface area contributed by atoms with Gasteiger partial charge in [-0.15, -0.1) is 0 Å². The number of benzene rings is 1. The monoisotopic (exact) mass is 316 g/mol. The van der Waals surface area contributed by atoms with Gasteiger partial charge in [-0.1, -0.05) is 25.3 Å². The lowest BCUT2D eigenvalue weighted by Gasteiger charge is -2.33. The van der Waals surface area contributed by atoms with Crippen LogP contribution in [-0.4, -0.2) is 29.3 Å². The van der Waals surface area contributed by atoms with Crippen LogP contribution in [0.15, 0.2) is 18.2 Å². The Hall–Kier alpha value is -1.84. The molecule has 0 aromatic heterocycles. The quantitative estimate of drug-likeness (QED) is 0.898. The Morgan fingerprint density at radius 3 is 2.26 bits per heavy atom. The summed E-state index contributed by atoms with van der Waals surface area (Å²) in [5.74, 6) is 0.0492. The van der Waals surface area contributed by atoms with Gasteiger partial charge in [0.25, 0.3) is 0 Å². The summed E-state index contributed by atoms with van der Waals surface area (Å²) < 4.78 is 0. The van der Waals surface area contributed by atoms with Gasteiger partial charge in [0, 0.05) is 31.6 Å². The Morgan fingerprint density at radius 2 is 1.70 bits per heavy atom. The standard InChI is InChI=1S/C19H28N2O2/c1-14-11-15(2)13-17(12-14)20-19(23)9-10-21(16(3)22)18-7-5-4-6-8-18/h11-13,18H,4-10H2,1-3H3,(H,20,23). The van der Waals surface area contributed by atoms with Crippen LogP contribution >= 0.6 is 0 Å². The Labute approximate surface area is 139 Å². The molecule has 0 spiro atoms. The molecule has 1 aromatic rings. The number of rotatable bonds is 5. The average molecular weight is 316 g/mol. The molecule has 0 unspecified atom stereocenters. The second kappa shape index (κ2) is 8.14. The average Bonchev–Trinajstić information content (AvgIpc) is 2.47. The molecule has 0 atom stereocenters. The van der Waals surface area contributed by atoms with Crippen LogP contribution in [0.25, 0.3) is 0 Å². The molecule has 0 radical (unpaired) electrons. The third-order valence-electron chi connectivity index (χ3n) is 4.51. The number of hydrogen-bond donors (Lipinski definition) is 1. The van der Waals surface area contributed by atoms with Gasteiger partial charge in [0.05, 0.1) is 0 Å². The summed E-state index contributed by atoms with van der Waals surface area (Å²) in [6.45, 7) is 6.15. The normalized spacial score (nSPS) is 15.3. The van der Waals surface area contributed by atoms with E-state index in [2.05, 4.69) is 11.4 Å². The van der Waals surface area contributed by atoms with E-state index in [1.54, 1.807) is 6.92 Å². The van der Waals surface area contributed by atoms with Crippen molar-refractivity contribution in [1.82, 2.24) is 4.90 Å². The van der Waals surface area contributed by atoms with E-state index in [4.69, 9.17) is 0 Å². The van der Waals surface area contributed by atoms with Gasteiger partial charge in [0.15, 0.2) is 0 Å². The fourth-order valence-electron chi connectivity index (χ4n) is 3.48. The number of amides is 2. The van der Waals surface area contributed by atoms with Gasteiger partial charge >= 0.3 is 0 Å². The Bertz CT molecular complexity index is 542. The molecule has 1 aliphatic rings. The highest BCUT2D eigenvalue weighted by Crippen LogP contribution is 2.23. The minimum absolute atomic E-state index is 0.0305. The molecule has 1 fully saturated rings. The largest absolute Gasteiger partial charge is 0.339 e. The van der Waals surface area contributed by atoms with Crippen molar-refractivity contribution in [3.05, 3.63) is 29.3 Å². The summed E-state index contributed by atoms with van der Waals surface area (Å²) in [6.07, 6.45) is 6.11. The van der Waals surface area contributed by atoms with E-state index in [0.29, 0.717) is 19.0 Å². The zero-order valence-electron chi connectivity index (χ0n) is 14.5. The highest BCUT2D eigenvalue weighted by atomic mass is 16.2. The van der Waals surface area contributed by atoms with Gasteiger partial charge in [-0.2, -0.15) is 0 Å². The van der Waals surface area contributed by atoms with Gasteiger partial charge in [-0.3, -0.25) is 9.59 Å². The maximum atomic E-state index is 12.2. The van der Waals surface area contributed by atoms with E-state index >= 15 is 0 Å². The molecule has 0 heterocycles. The number of aryl methyl sites for hydroxylation is 2. The van der Waals surface area contributed by atoms with Crippen LogP contribution in [0.5, 0.6) is 0 Å². The molecule has 1 aromatic carbocycles. The smallest absolute Gasteiger partial charge is 0.226 e. The van der Waals surface area contributed by atoms with Crippen molar-refractivity contribution in [3.8, 4) is 0 Å². The fourth-order valence-corrected chi connectivity index (χ4v) is 3.48. The van der Waals surface area contributed by atoms with E-state index in [9.17, 15) is 9.59 Å². The van der Waals surface area contributed by atoms with Crippen molar-refractivity contribution in [1.29, 1.82) is 0 Å². The maximum absolute atomic E-state index is 12.2. The van der Waals surface area contributed by atoms with Crippen LogP contribution in [0.2, 0.25) is 0 Å². The molecule has 0 aliphatic heterocycles. The van der Waals surface area contributed by atoms with Gasteiger partial charge in [0.1, 0.15) is 0 Å². The van der Waals surface area contributed by atoms with E-state index < -0.39 is 0 Å². The fraction of sp³-hybridized carbons (Fsp3) is 0.579. The second-order valence-corrected chi connectivity index (χ2v) is 6.68. The van der Waals surface area contributed by atoms with Gasteiger partial charge < -0.3 is 10.2 Å². The summed E-state index contributed by atoms with van der Waals surface area (Å²) in [5.41, 5.74) is 3.10. The predicted molar refractivity (Wildman–Crippen MR) is 93.4 cm³/mol. The molecule has 1 saturated carbocycles. The third-order valence-corrected chi connectivity index (χ3v) is 4.51. The number of nitrogens with zero attached hydrogens (tertiary/aromatic N) is 1. The molecule has 1 N–H and O–H groups in total. The van der Waals surface area contributed by atoms with Crippen LogP contribution in [0.3, 0.4) is 0 Å². The van der Waals surface area contributed by atoms with Crippen molar-refractivity contribution >= 4 is 17.5 Å². The molecule has 126 valence electrons. The van der Waals surface area contributed by atoms with Crippen molar-refractivity contribution in [2.75, 3.05) is 11.9 Å². The predicted octanol–water partition coefficient (Wildman–Crippen LogP) is 3.81. The summed E-state index contributed by atoms with van der Waals surface area (Å²) >= 11 is 0. The van der Waals surface area contributed by atoms with E-state index in [-0.39, 0.29) is 11.8 Å². The van der Waals surface area contributed by atoms with Gasteiger partial charge in [0.2, 0.25) is 11.8 Å². The zero-order valence-corrected chi connectivity index (χ0v) is 14.5. The van der Waals surface area contributed by atoms with Crippen LogP contribution in [0, 0.1) is 13.8 Å². The summed E-state index contributed by atoms with van der Waals surface area (Å²) in [7, 11) is 0. The van der Waals surface area contributed by atoms with Crippen molar-refractivity contribution in [2.24, 2.45) is 0 Å². The Kier molecular flexibility index (Phi) is 6.20. The van der Waals surface area contributed by atoms with Crippen LogP contribution in [-0.2, 0) is 9.59 Å². The Balaban J connectivity index is 1.89. The lowest BCUT2D eigenvalue weighted by atomic mass is 9.94. The second-order valence-electron chi connectivity index (χ2n) is 6.68. The van der Waals surface area contributed by atoms with Crippen molar-refractivity contribution in [2.45, 2.75) is 65.3 Å². The minimum atomic E-state index is -0.0305. The van der Waals surface area contributed by atoms with E-state index in [1.807, 2.05) is 30.9 Å². The molecule has 0 bridgehead atoms. The number of carbonyl (C=O) groups is 2. The SMILES string of the molecule is CC(=O)N(CCC(=O)Nc1cc(C)cc(C)c1)C1CCCCC1. The maximum Gasteiger partial charge on any atom is 0.226 e. The summed E-state index contributed by atoms with van der Waals surface area (Å²) in [5, 5.41) is 2.94. The zero-order chi connectivity index (χ0) is 16.8. The number of anilines is 1. The molecule has 4 nitrogen and oxygen atoms in total.